The molecule has 8 nitrogen and oxygen atoms in total. The Kier molecular flexibility index (Phi) is 6.20. The Hall–Kier alpha value is -2.48. The molecule has 126 valence electrons. The minimum Gasteiger partial charge on any atom is -0.469 e. The summed E-state index contributed by atoms with van der Waals surface area (Å²) in [6.07, 6.45) is -0.0152. The van der Waals surface area contributed by atoms with E-state index in [2.05, 4.69) is 4.74 Å². The van der Waals surface area contributed by atoms with Crippen LogP contribution >= 0.6 is 0 Å². The van der Waals surface area contributed by atoms with Gasteiger partial charge in [0.05, 0.1) is 30.6 Å². The number of nitrogens with zero attached hydrogens (tertiary/aromatic N) is 2. The first kappa shape index (κ1) is 18.6. The summed E-state index contributed by atoms with van der Waals surface area (Å²) in [5, 5.41) is 20.2. The molecule has 0 unspecified atom stereocenters. The van der Waals surface area contributed by atoms with Crippen LogP contribution in [0.5, 0.6) is 0 Å². The van der Waals surface area contributed by atoms with Gasteiger partial charge in [0, 0.05) is 24.2 Å². The molecular formula is C15H20N2O6. The number of hydrogen-bond acceptors (Lipinski definition) is 6. The van der Waals surface area contributed by atoms with Crippen LogP contribution in [0.15, 0.2) is 24.3 Å². The Balaban J connectivity index is 3.02. The van der Waals surface area contributed by atoms with Crippen molar-refractivity contribution in [3.63, 3.8) is 0 Å². The highest BCUT2D eigenvalue weighted by molar-refractivity contribution is 5.95. The molecule has 1 rings (SSSR count). The van der Waals surface area contributed by atoms with Crippen molar-refractivity contribution >= 4 is 17.6 Å². The van der Waals surface area contributed by atoms with Gasteiger partial charge in [0.15, 0.2) is 0 Å². The molecule has 0 radical (unpaired) electrons. The van der Waals surface area contributed by atoms with Crippen molar-refractivity contribution in [2.45, 2.75) is 25.8 Å². The fourth-order valence-electron chi connectivity index (χ4n) is 1.95. The van der Waals surface area contributed by atoms with Crippen LogP contribution in [0.2, 0.25) is 0 Å². The number of hydrogen-bond donors (Lipinski definition) is 1. The lowest BCUT2D eigenvalue weighted by molar-refractivity contribution is -0.384. The molecule has 0 aliphatic rings. The van der Waals surface area contributed by atoms with Gasteiger partial charge in [0.25, 0.3) is 11.6 Å². The molecule has 8 heteroatoms. The van der Waals surface area contributed by atoms with E-state index >= 15 is 0 Å². The largest absolute Gasteiger partial charge is 0.469 e. The lowest BCUT2D eigenvalue weighted by Crippen LogP contribution is -2.51. The summed E-state index contributed by atoms with van der Waals surface area (Å²) in [4.78, 5) is 35.4. The molecule has 0 aliphatic heterocycles. The van der Waals surface area contributed by atoms with Gasteiger partial charge < -0.3 is 14.7 Å². The predicted molar refractivity (Wildman–Crippen MR) is 81.9 cm³/mol. The van der Waals surface area contributed by atoms with Gasteiger partial charge in [-0.3, -0.25) is 19.7 Å². The second kappa shape index (κ2) is 7.68. The van der Waals surface area contributed by atoms with Crippen molar-refractivity contribution in [2.24, 2.45) is 0 Å². The molecule has 1 aromatic rings. The molecule has 0 atom stereocenters. The fourth-order valence-corrected chi connectivity index (χ4v) is 1.95. The van der Waals surface area contributed by atoms with E-state index in [4.69, 9.17) is 0 Å². The smallest absolute Gasteiger partial charge is 0.307 e. The standard InChI is InChI=1S/C15H20N2O6/c1-15(2,10-18)16(9-8-13(19)23-3)14(20)11-4-6-12(7-5-11)17(21)22/h4-7,18H,8-10H2,1-3H3. The van der Waals surface area contributed by atoms with E-state index in [-0.39, 0.29) is 30.8 Å². The average Bonchev–Trinajstić information content (AvgIpc) is 2.54. The number of carbonyl (C=O) groups is 2. The van der Waals surface area contributed by atoms with E-state index < -0.39 is 22.3 Å². The third kappa shape index (κ3) is 4.75. The lowest BCUT2D eigenvalue weighted by Gasteiger charge is -2.37. The number of aliphatic hydroxyl groups excluding tert-OH is 1. The lowest BCUT2D eigenvalue weighted by atomic mass is 10.0. The van der Waals surface area contributed by atoms with Crippen LogP contribution in [0.25, 0.3) is 0 Å². The second-order valence-corrected chi connectivity index (χ2v) is 5.56. The molecule has 0 saturated heterocycles. The number of methoxy groups -OCH3 is 1. The Labute approximate surface area is 133 Å². The van der Waals surface area contributed by atoms with Crippen molar-refractivity contribution in [2.75, 3.05) is 20.3 Å². The topological polar surface area (TPSA) is 110 Å². The number of rotatable bonds is 7. The highest BCUT2D eigenvalue weighted by Gasteiger charge is 2.31. The molecule has 0 fully saturated rings. The summed E-state index contributed by atoms with van der Waals surface area (Å²) in [6.45, 7) is 3.09. The van der Waals surface area contributed by atoms with E-state index in [9.17, 15) is 24.8 Å². The second-order valence-electron chi connectivity index (χ2n) is 5.56. The van der Waals surface area contributed by atoms with Crippen molar-refractivity contribution < 1.29 is 24.4 Å². The Morgan fingerprint density at radius 2 is 1.87 bits per heavy atom. The number of nitro benzene ring substituents is 1. The molecule has 1 aromatic carbocycles. The highest BCUT2D eigenvalue weighted by atomic mass is 16.6. The van der Waals surface area contributed by atoms with Crippen molar-refractivity contribution in [1.82, 2.24) is 4.90 Å². The normalized spacial score (nSPS) is 11.0. The van der Waals surface area contributed by atoms with Crippen LogP contribution in [0.1, 0.15) is 30.6 Å². The molecule has 1 N–H and O–H groups in total. The number of esters is 1. The summed E-state index contributed by atoms with van der Waals surface area (Å²) in [6, 6.07) is 5.16. The maximum atomic E-state index is 12.6. The summed E-state index contributed by atoms with van der Waals surface area (Å²) >= 11 is 0. The molecule has 0 bridgehead atoms. The molecule has 0 saturated carbocycles. The summed E-state index contributed by atoms with van der Waals surface area (Å²) < 4.78 is 4.56. The van der Waals surface area contributed by atoms with Crippen molar-refractivity contribution in [3.05, 3.63) is 39.9 Å². The fraction of sp³-hybridized carbons (Fsp3) is 0.467. The van der Waals surface area contributed by atoms with E-state index in [1.54, 1.807) is 13.8 Å². The van der Waals surface area contributed by atoms with E-state index in [1.807, 2.05) is 0 Å². The van der Waals surface area contributed by atoms with Crippen LogP contribution in [0.3, 0.4) is 0 Å². The number of carbonyl (C=O) groups excluding carboxylic acids is 2. The van der Waals surface area contributed by atoms with Crippen LogP contribution in [-0.4, -0.2) is 52.6 Å². The minimum absolute atomic E-state index is 0.0152. The van der Waals surface area contributed by atoms with Gasteiger partial charge in [-0.1, -0.05) is 0 Å². The van der Waals surface area contributed by atoms with Gasteiger partial charge >= 0.3 is 5.97 Å². The quantitative estimate of drug-likeness (QED) is 0.461. The first-order valence-corrected chi connectivity index (χ1v) is 6.97. The van der Waals surface area contributed by atoms with Crippen molar-refractivity contribution in [3.8, 4) is 0 Å². The number of aliphatic hydroxyl groups is 1. The zero-order chi connectivity index (χ0) is 17.6. The maximum Gasteiger partial charge on any atom is 0.307 e. The van der Waals surface area contributed by atoms with Gasteiger partial charge in [-0.15, -0.1) is 0 Å². The van der Waals surface area contributed by atoms with Gasteiger partial charge in [-0.2, -0.15) is 0 Å². The molecule has 23 heavy (non-hydrogen) atoms. The molecule has 1 amide bonds. The summed E-state index contributed by atoms with van der Waals surface area (Å²) in [5.74, 6) is -0.900. The monoisotopic (exact) mass is 324 g/mol. The molecule has 0 spiro atoms. The number of non-ortho nitro benzene ring substituents is 1. The summed E-state index contributed by atoms with van der Waals surface area (Å²) in [5.41, 5.74) is -0.779. The van der Waals surface area contributed by atoms with Gasteiger partial charge in [-0.25, -0.2) is 0 Å². The first-order valence-electron chi connectivity index (χ1n) is 6.97. The average molecular weight is 324 g/mol. The predicted octanol–water partition coefficient (Wildman–Crippen LogP) is 1.37. The molecule has 0 aliphatic carbocycles. The highest BCUT2D eigenvalue weighted by Crippen LogP contribution is 2.20. The van der Waals surface area contributed by atoms with Gasteiger partial charge in [0.2, 0.25) is 0 Å². The number of amides is 1. The third-order valence-electron chi connectivity index (χ3n) is 3.46. The maximum absolute atomic E-state index is 12.6. The number of ether oxygens (including phenoxy) is 1. The first-order chi connectivity index (χ1) is 10.7. The van der Waals surface area contributed by atoms with E-state index in [0.29, 0.717) is 0 Å². The van der Waals surface area contributed by atoms with E-state index in [1.165, 1.54) is 36.3 Å². The van der Waals surface area contributed by atoms with Crippen LogP contribution in [-0.2, 0) is 9.53 Å². The Morgan fingerprint density at radius 1 is 1.30 bits per heavy atom. The zero-order valence-electron chi connectivity index (χ0n) is 13.3. The van der Waals surface area contributed by atoms with Crippen LogP contribution in [0.4, 0.5) is 5.69 Å². The molecule has 0 heterocycles. The van der Waals surface area contributed by atoms with Crippen LogP contribution < -0.4 is 0 Å². The SMILES string of the molecule is COC(=O)CCN(C(=O)c1ccc([N+](=O)[O-])cc1)C(C)(C)CO. The molecular weight excluding hydrogens is 304 g/mol. The molecule has 0 aromatic heterocycles. The minimum atomic E-state index is -0.896. The van der Waals surface area contributed by atoms with E-state index in [0.717, 1.165) is 0 Å². The van der Waals surface area contributed by atoms with Crippen molar-refractivity contribution in [1.29, 1.82) is 0 Å². The zero-order valence-corrected chi connectivity index (χ0v) is 13.3. The Bertz CT molecular complexity index is 582. The number of benzene rings is 1. The van der Waals surface area contributed by atoms with Crippen LogP contribution in [0, 0.1) is 10.1 Å². The van der Waals surface area contributed by atoms with Gasteiger partial charge in [-0.05, 0) is 26.0 Å². The van der Waals surface area contributed by atoms with Gasteiger partial charge in [0.1, 0.15) is 0 Å². The third-order valence-corrected chi connectivity index (χ3v) is 3.46. The number of nitro groups is 1. The Morgan fingerprint density at radius 3 is 2.30 bits per heavy atom. The summed E-state index contributed by atoms with van der Waals surface area (Å²) in [7, 11) is 1.25.